The topological polar surface area (TPSA) is 102 Å². The molecule has 3 atom stereocenters. The lowest BCUT2D eigenvalue weighted by atomic mass is 10.0. The van der Waals surface area contributed by atoms with E-state index < -0.39 is 6.10 Å². The molecule has 37 heavy (non-hydrogen) atoms. The Balaban J connectivity index is 0.00000241. The fourth-order valence-corrected chi connectivity index (χ4v) is 4.59. The molecule has 2 amide bonds. The maximum absolute atomic E-state index is 12.6. The van der Waals surface area contributed by atoms with Crippen molar-refractivity contribution in [2.45, 2.75) is 31.3 Å². The van der Waals surface area contributed by atoms with Gasteiger partial charge >= 0.3 is 0 Å². The van der Waals surface area contributed by atoms with Crippen molar-refractivity contribution in [3.8, 4) is 0 Å². The number of nitrogens with one attached hydrogen (secondary N) is 2. The zero-order valence-electron chi connectivity index (χ0n) is 21.2. The Morgan fingerprint density at radius 2 is 1.46 bits per heavy atom. The summed E-state index contributed by atoms with van der Waals surface area (Å²) in [6, 6.07) is 9.92. The minimum atomic E-state index is -0.408. The van der Waals surface area contributed by atoms with Gasteiger partial charge in [-0.2, -0.15) is 0 Å². The summed E-state index contributed by atoms with van der Waals surface area (Å²) in [6.07, 6.45) is -0.460. The fraction of sp³-hybridized carbons (Fsp3) is 0.680. The molecule has 0 aliphatic carbocycles. The second kappa shape index (κ2) is 17.2. The van der Waals surface area contributed by atoms with E-state index in [1.807, 2.05) is 40.1 Å². The summed E-state index contributed by atoms with van der Waals surface area (Å²) < 4.78 is 24.2. The summed E-state index contributed by atoms with van der Waals surface area (Å²) in [5.74, 6) is -0.0206. The van der Waals surface area contributed by atoms with Crippen molar-refractivity contribution in [2.75, 3.05) is 78.8 Å². The van der Waals surface area contributed by atoms with Crippen LogP contribution in [0.2, 0.25) is 0 Å². The highest BCUT2D eigenvalue weighted by Gasteiger charge is 2.37. The van der Waals surface area contributed by atoms with Crippen LogP contribution in [-0.2, 0) is 35.1 Å². The number of nitrogens with zero attached hydrogens (tertiary/aromatic N) is 2. The van der Waals surface area contributed by atoms with Gasteiger partial charge in [-0.25, -0.2) is 0 Å². The number of hydrogen-bond acceptors (Lipinski definition) is 8. The Morgan fingerprint density at radius 3 is 2.08 bits per heavy atom. The predicted molar refractivity (Wildman–Crippen MR) is 143 cm³/mol. The molecule has 0 aromatic heterocycles. The molecule has 3 saturated heterocycles. The van der Waals surface area contributed by atoms with Gasteiger partial charge < -0.3 is 39.4 Å². The summed E-state index contributed by atoms with van der Waals surface area (Å²) >= 11 is 0. The van der Waals surface area contributed by atoms with Gasteiger partial charge in [0.1, 0.15) is 25.4 Å². The molecule has 0 bridgehead atoms. The van der Waals surface area contributed by atoms with Crippen molar-refractivity contribution in [1.82, 2.24) is 20.4 Å². The molecule has 210 valence electrons. The second-order valence-electron chi connectivity index (χ2n) is 9.09. The first-order chi connectivity index (χ1) is 17.2. The van der Waals surface area contributed by atoms with Crippen LogP contribution in [0.15, 0.2) is 30.3 Å². The first-order valence-corrected chi connectivity index (χ1v) is 12.6. The summed E-state index contributed by atoms with van der Waals surface area (Å²) in [7, 11) is 0. The number of piperazine rings is 2. The molecular formula is C25H40Cl2N4O6. The van der Waals surface area contributed by atoms with Gasteiger partial charge in [-0.15, -0.1) is 24.8 Å². The Labute approximate surface area is 231 Å². The van der Waals surface area contributed by atoms with E-state index in [-0.39, 0.29) is 68.7 Å². The molecule has 3 aliphatic rings. The Bertz CT molecular complexity index is 797. The van der Waals surface area contributed by atoms with Crippen molar-refractivity contribution in [1.29, 1.82) is 0 Å². The maximum Gasteiger partial charge on any atom is 0.248 e. The molecule has 0 radical (unpaired) electrons. The molecule has 0 saturated carbocycles. The third kappa shape index (κ3) is 9.96. The fourth-order valence-electron chi connectivity index (χ4n) is 4.59. The normalized spacial score (nSPS) is 24.1. The smallest absolute Gasteiger partial charge is 0.248 e. The van der Waals surface area contributed by atoms with Crippen LogP contribution in [0.4, 0.5) is 0 Å². The minimum absolute atomic E-state index is 0. The molecule has 10 nitrogen and oxygen atoms in total. The lowest BCUT2D eigenvalue weighted by Crippen LogP contribution is -2.52. The van der Waals surface area contributed by atoms with Crippen molar-refractivity contribution in [3.05, 3.63) is 35.9 Å². The number of carbonyl (C=O) groups excluding carboxylic acids is 2. The van der Waals surface area contributed by atoms with E-state index in [2.05, 4.69) is 10.6 Å². The predicted octanol–water partition coefficient (Wildman–Crippen LogP) is 0.470. The molecule has 12 heteroatoms. The van der Waals surface area contributed by atoms with E-state index >= 15 is 0 Å². The number of amides is 2. The number of benzene rings is 1. The van der Waals surface area contributed by atoms with Gasteiger partial charge in [-0.1, -0.05) is 30.3 Å². The third-order valence-corrected chi connectivity index (χ3v) is 6.62. The molecule has 2 N–H and O–H groups in total. The number of ether oxygens (including phenoxy) is 4. The summed E-state index contributed by atoms with van der Waals surface area (Å²) in [5, 5.41) is 6.49. The van der Waals surface area contributed by atoms with Gasteiger partial charge in [-0.05, 0) is 12.0 Å². The highest BCUT2D eigenvalue weighted by Crippen LogP contribution is 2.23. The van der Waals surface area contributed by atoms with Gasteiger partial charge in [0.05, 0.1) is 19.3 Å². The van der Waals surface area contributed by atoms with Crippen LogP contribution in [0.1, 0.15) is 12.0 Å². The molecule has 0 unspecified atom stereocenters. The van der Waals surface area contributed by atoms with Crippen LogP contribution < -0.4 is 10.6 Å². The average Bonchev–Trinajstić information content (AvgIpc) is 2.92. The molecule has 4 rings (SSSR count). The van der Waals surface area contributed by atoms with Gasteiger partial charge in [0.15, 0.2) is 0 Å². The Hall–Kier alpha value is -1.50. The highest BCUT2D eigenvalue weighted by molar-refractivity contribution is 5.85. The lowest BCUT2D eigenvalue weighted by Gasteiger charge is -2.38. The van der Waals surface area contributed by atoms with Gasteiger partial charge in [-0.3, -0.25) is 9.59 Å². The van der Waals surface area contributed by atoms with Crippen molar-refractivity contribution in [2.24, 2.45) is 0 Å². The summed E-state index contributed by atoms with van der Waals surface area (Å²) in [5.41, 5.74) is 1.04. The molecule has 3 fully saturated rings. The molecular weight excluding hydrogens is 523 g/mol. The monoisotopic (exact) mass is 562 g/mol. The lowest BCUT2D eigenvalue weighted by molar-refractivity contribution is -0.196. The van der Waals surface area contributed by atoms with E-state index in [1.54, 1.807) is 0 Å². The van der Waals surface area contributed by atoms with Crippen LogP contribution in [-0.4, -0.2) is 119 Å². The number of hydrogen-bond donors (Lipinski definition) is 2. The quantitative estimate of drug-likeness (QED) is 0.424. The SMILES string of the molecule is Cl.Cl.O=C(COC[C@H]1OCC[C@@H](OCC(=O)N2CCNCC2)[C@@H]1OCc1ccccc1)N1CCNCC1. The zero-order valence-corrected chi connectivity index (χ0v) is 22.8. The van der Waals surface area contributed by atoms with Gasteiger partial charge in [0, 0.05) is 59.0 Å². The van der Waals surface area contributed by atoms with Gasteiger partial charge in [0.25, 0.3) is 0 Å². The van der Waals surface area contributed by atoms with E-state index in [9.17, 15) is 9.59 Å². The van der Waals surface area contributed by atoms with Crippen LogP contribution in [0.25, 0.3) is 0 Å². The number of halogens is 2. The van der Waals surface area contributed by atoms with Crippen LogP contribution in [0.3, 0.4) is 0 Å². The number of rotatable bonds is 10. The molecule has 1 aromatic carbocycles. The van der Waals surface area contributed by atoms with E-state index in [0.717, 1.165) is 31.7 Å². The van der Waals surface area contributed by atoms with E-state index in [4.69, 9.17) is 18.9 Å². The first-order valence-electron chi connectivity index (χ1n) is 12.6. The second-order valence-corrected chi connectivity index (χ2v) is 9.09. The molecule has 3 heterocycles. The minimum Gasteiger partial charge on any atom is -0.373 e. The Morgan fingerprint density at radius 1 is 0.865 bits per heavy atom. The van der Waals surface area contributed by atoms with Crippen LogP contribution in [0, 0.1) is 0 Å². The van der Waals surface area contributed by atoms with E-state index in [0.29, 0.717) is 45.8 Å². The maximum atomic E-state index is 12.6. The van der Waals surface area contributed by atoms with Crippen molar-refractivity contribution >= 4 is 36.6 Å². The number of carbonyl (C=O) groups is 2. The summed E-state index contributed by atoms with van der Waals surface area (Å²) in [6.45, 7) is 7.14. The Kier molecular flexibility index (Phi) is 14.7. The average molecular weight is 564 g/mol. The molecule has 3 aliphatic heterocycles. The highest BCUT2D eigenvalue weighted by atomic mass is 35.5. The zero-order chi connectivity index (χ0) is 24.3. The van der Waals surface area contributed by atoms with Crippen molar-refractivity contribution in [3.63, 3.8) is 0 Å². The molecule has 0 spiro atoms. The first kappa shape index (κ1) is 31.7. The third-order valence-electron chi connectivity index (χ3n) is 6.62. The van der Waals surface area contributed by atoms with Crippen LogP contribution in [0.5, 0.6) is 0 Å². The van der Waals surface area contributed by atoms with Crippen LogP contribution >= 0.6 is 24.8 Å². The van der Waals surface area contributed by atoms with Gasteiger partial charge in [0.2, 0.25) is 11.8 Å². The molecule has 1 aromatic rings. The summed E-state index contributed by atoms with van der Waals surface area (Å²) in [4.78, 5) is 28.7. The van der Waals surface area contributed by atoms with E-state index in [1.165, 1.54) is 0 Å². The van der Waals surface area contributed by atoms with Crippen molar-refractivity contribution < 1.29 is 28.5 Å². The standard InChI is InChI=1S/C25H38N4O6.2ClH/c30-23(28-11-7-26-8-12-28)18-32-17-22-25(35-16-20-4-2-1-3-5-20)21(6-15-33-22)34-19-24(31)29-13-9-27-10-14-29;;/h1-5,21-22,25-27H,6-19H2;2*1H/t21-,22-,25+;;/m1../s1. The largest absolute Gasteiger partial charge is 0.373 e.